The van der Waals surface area contributed by atoms with Gasteiger partial charge in [-0.05, 0) is 25.0 Å². The van der Waals surface area contributed by atoms with Crippen molar-refractivity contribution in [1.82, 2.24) is 15.5 Å². The van der Waals surface area contributed by atoms with Gasteiger partial charge in [0.25, 0.3) is 5.22 Å². The minimum Gasteiger partial charge on any atom is -0.411 e. The van der Waals surface area contributed by atoms with Crippen LogP contribution in [0.1, 0.15) is 12.0 Å². The molecule has 2 rings (SSSR count). The highest BCUT2D eigenvalue weighted by atomic mass is 32.2. The third-order valence-corrected chi connectivity index (χ3v) is 3.77. The first-order valence-corrected chi connectivity index (χ1v) is 7.97. The van der Waals surface area contributed by atoms with Crippen molar-refractivity contribution >= 4 is 17.7 Å². The highest BCUT2D eigenvalue weighted by Gasteiger charge is 2.12. The van der Waals surface area contributed by atoms with Crippen molar-refractivity contribution in [1.29, 1.82) is 0 Å². The summed E-state index contributed by atoms with van der Waals surface area (Å²) in [5, 5.41) is 11.2. The second kappa shape index (κ2) is 8.55. The number of amides is 1. The van der Waals surface area contributed by atoms with Crippen molar-refractivity contribution in [3.63, 3.8) is 0 Å². The number of methoxy groups -OCH3 is 1. The standard InChI is InChI=1S/C15H19N3O3S/c1-11-6-3-4-7-12(11)14-17-18-15(21-14)22-10-13(19)16-8-5-9-20-2/h3-4,6-7H,5,8-10H2,1-2H3,(H,16,19). The molecule has 1 N–H and O–H groups in total. The minimum atomic E-state index is -0.0586. The highest BCUT2D eigenvalue weighted by molar-refractivity contribution is 7.99. The summed E-state index contributed by atoms with van der Waals surface area (Å²) in [4.78, 5) is 11.6. The molecule has 6 nitrogen and oxygen atoms in total. The Kier molecular flexibility index (Phi) is 6.42. The summed E-state index contributed by atoms with van der Waals surface area (Å²) in [5.41, 5.74) is 1.98. The molecule has 1 aromatic carbocycles. The molecule has 0 fully saturated rings. The summed E-state index contributed by atoms with van der Waals surface area (Å²) >= 11 is 1.23. The number of rotatable bonds is 8. The Balaban J connectivity index is 1.83. The van der Waals surface area contributed by atoms with Gasteiger partial charge in [0.05, 0.1) is 5.75 Å². The van der Waals surface area contributed by atoms with Gasteiger partial charge in [0.1, 0.15) is 0 Å². The van der Waals surface area contributed by atoms with Crippen LogP contribution in [-0.4, -0.2) is 42.1 Å². The van der Waals surface area contributed by atoms with Gasteiger partial charge in [0, 0.05) is 25.8 Å². The first-order valence-electron chi connectivity index (χ1n) is 6.98. The molecule has 22 heavy (non-hydrogen) atoms. The number of nitrogens with one attached hydrogen (secondary N) is 1. The van der Waals surface area contributed by atoms with Gasteiger partial charge in [0.15, 0.2) is 0 Å². The zero-order valence-corrected chi connectivity index (χ0v) is 13.5. The summed E-state index contributed by atoms with van der Waals surface area (Å²) < 4.78 is 10.5. The lowest BCUT2D eigenvalue weighted by Gasteiger charge is -2.03. The monoisotopic (exact) mass is 321 g/mol. The molecule has 0 radical (unpaired) electrons. The van der Waals surface area contributed by atoms with Crippen LogP contribution in [0.2, 0.25) is 0 Å². The molecule has 0 aliphatic heterocycles. The molecule has 118 valence electrons. The van der Waals surface area contributed by atoms with Crippen LogP contribution in [0.25, 0.3) is 11.5 Å². The normalized spacial score (nSPS) is 10.6. The van der Waals surface area contributed by atoms with Gasteiger partial charge in [0.2, 0.25) is 11.8 Å². The molecule has 0 unspecified atom stereocenters. The Morgan fingerprint density at radius 2 is 2.18 bits per heavy atom. The third kappa shape index (κ3) is 4.85. The first kappa shape index (κ1) is 16.5. The zero-order chi connectivity index (χ0) is 15.8. The maximum atomic E-state index is 11.6. The molecule has 0 bridgehead atoms. The van der Waals surface area contributed by atoms with E-state index >= 15 is 0 Å². The molecular weight excluding hydrogens is 302 g/mol. The van der Waals surface area contributed by atoms with Crippen molar-refractivity contribution in [2.75, 3.05) is 26.0 Å². The van der Waals surface area contributed by atoms with E-state index in [0.717, 1.165) is 17.5 Å². The van der Waals surface area contributed by atoms with Gasteiger partial charge in [-0.2, -0.15) is 0 Å². The Morgan fingerprint density at radius 1 is 1.36 bits per heavy atom. The maximum Gasteiger partial charge on any atom is 0.277 e. The first-order chi connectivity index (χ1) is 10.7. The fraction of sp³-hybridized carbons (Fsp3) is 0.400. The Labute approximate surface area is 133 Å². The van der Waals surface area contributed by atoms with Crippen LogP contribution in [0.3, 0.4) is 0 Å². The lowest BCUT2D eigenvalue weighted by atomic mass is 10.1. The summed E-state index contributed by atoms with van der Waals surface area (Å²) in [6.45, 7) is 3.22. The van der Waals surface area contributed by atoms with Crippen molar-refractivity contribution < 1.29 is 13.9 Å². The van der Waals surface area contributed by atoms with Gasteiger partial charge in [-0.1, -0.05) is 30.0 Å². The number of benzene rings is 1. The van der Waals surface area contributed by atoms with E-state index in [1.165, 1.54) is 11.8 Å². The number of hydrogen-bond donors (Lipinski definition) is 1. The molecule has 1 amide bonds. The van der Waals surface area contributed by atoms with E-state index in [9.17, 15) is 4.79 Å². The lowest BCUT2D eigenvalue weighted by Crippen LogP contribution is -2.26. The predicted octanol–water partition coefficient (Wildman–Crippen LogP) is 2.29. The zero-order valence-electron chi connectivity index (χ0n) is 12.7. The maximum absolute atomic E-state index is 11.6. The molecule has 7 heteroatoms. The molecule has 0 spiro atoms. The summed E-state index contributed by atoms with van der Waals surface area (Å²) in [6.07, 6.45) is 0.797. The number of thioether (sulfide) groups is 1. The number of nitrogens with zero attached hydrogens (tertiary/aromatic N) is 2. The van der Waals surface area contributed by atoms with E-state index in [-0.39, 0.29) is 11.7 Å². The molecule has 0 saturated carbocycles. The number of carbonyl (C=O) groups is 1. The number of hydrogen-bond acceptors (Lipinski definition) is 6. The molecule has 1 heterocycles. The van der Waals surface area contributed by atoms with E-state index < -0.39 is 0 Å². The molecule has 0 aliphatic carbocycles. The van der Waals surface area contributed by atoms with E-state index in [4.69, 9.17) is 9.15 Å². The molecule has 1 aromatic heterocycles. The lowest BCUT2D eigenvalue weighted by molar-refractivity contribution is -0.118. The van der Waals surface area contributed by atoms with E-state index in [1.54, 1.807) is 7.11 Å². The van der Waals surface area contributed by atoms with E-state index in [0.29, 0.717) is 24.3 Å². The minimum absolute atomic E-state index is 0.0586. The van der Waals surface area contributed by atoms with Gasteiger partial charge in [-0.15, -0.1) is 10.2 Å². The topological polar surface area (TPSA) is 77.2 Å². The highest BCUT2D eigenvalue weighted by Crippen LogP contribution is 2.25. The predicted molar refractivity (Wildman–Crippen MR) is 84.7 cm³/mol. The summed E-state index contributed by atoms with van der Waals surface area (Å²) in [7, 11) is 1.64. The fourth-order valence-electron chi connectivity index (χ4n) is 1.81. The van der Waals surface area contributed by atoms with Crippen LogP contribution in [0.15, 0.2) is 33.9 Å². The molecule has 0 aliphatic rings. The second-order valence-electron chi connectivity index (χ2n) is 4.67. The van der Waals surface area contributed by atoms with Crippen LogP contribution in [0.5, 0.6) is 0 Å². The molecular formula is C15H19N3O3S. The SMILES string of the molecule is COCCCNC(=O)CSc1nnc(-c2ccccc2C)o1. The quantitative estimate of drug-likeness (QED) is 0.594. The largest absolute Gasteiger partial charge is 0.411 e. The second-order valence-corrected chi connectivity index (χ2v) is 5.60. The number of carbonyl (C=O) groups excluding carboxylic acids is 1. The van der Waals surface area contributed by atoms with Crippen LogP contribution in [0.4, 0.5) is 0 Å². The molecule has 0 atom stereocenters. The molecule has 0 saturated heterocycles. The van der Waals surface area contributed by atoms with Gasteiger partial charge < -0.3 is 14.5 Å². The Morgan fingerprint density at radius 3 is 2.95 bits per heavy atom. The number of aryl methyl sites for hydroxylation is 1. The van der Waals surface area contributed by atoms with Crippen molar-refractivity contribution in [2.45, 2.75) is 18.6 Å². The van der Waals surface area contributed by atoms with E-state index in [1.807, 2.05) is 31.2 Å². The van der Waals surface area contributed by atoms with Gasteiger partial charge >= 0.3 is 0 Å². The average molecular weight is 321 g/mol. The number of aromatic nitrogens is 2. The van der Waals surface area contributed by atoms with Crippen molar-refractivity contribution in [3.8, 4) is 11.5 Å². The average Bonchev–Trinajstić information content (AvgIpc) is 2.99. The Bertz CT molecular complexity index is 616. The van der Waals surface area contributed by atoms with Crippen LogP contribution < -0.4 is 5.32 Å². The molecule has 2 aromatic rings. The van der Waals surface area contributed by atoms with Crippen molar-refractivity contribution in [2.24, 2.45) is 0 Å². The van der Waals surface area contributed by atoms with E-state index in [2.05, 4.69) is 15.5 Å². The third-order valence-electron chi connectivity index (χ3n) is 2.96. The van der Waals surface area contributed by atoms with Crippen molar-refractivity contribution in [3.05, 3.63) is 29.8 Å². The van der Waals surface area contributed by atoms with Crippen LogP contribution in [-0.2, 0) is 9.53 Å². The summed E-state index contributed by atoms with van der Waals surface area (Å²) in [5.74, 6) is 0.667. The smallest absolute Gasteiger partial charge is 0.277 e. The number of ether oxygens (including phenoxy) is 1. The Hall–Kier alpha value is -1.86. The van der Waals surface area contributed by atoms with Crippen LogP contribution >= 0.6 is 11.8 Å². The van der Waals surface area contributed by atoms with Gasteiger partial charge in [-0.25, -0.2) is 0 Å². The van der Waals surface area contributed by atoms with Gasteiger partial charge in [-0.3, -0.25) is 4.79 Å². The van der Waals surface area contributed by atoms with Crippen LogP contribution in [0, 0.1) is 6.92 Å². The summed E-state index contributed by atoms with van der Waals surface area (Å²) in [6, 6.07) is 7.80. The fourth-order valence-corrected chi connectivity index (χ4v) is 2.41.